The highest BCUT2D eigenvalue weighted by Gasteiger charge is 2.25. The van der Waals surface area contributed by atoms with Crippen molar-refractivity contribution >= 4 is 12.0 Å². The fourth-order valence-corrected chi connectivity index (χ4v) is 2.25. The number of aromatic nitrogens is 1. The first-order chi connectivity index (χ1) is 10.1. The Morgan fingerprint density at radius 3 is 2.81 bits per heavy atom. The Kier molecular flexibility index (Phi) is 4.97. The molecule has 0 radical (unpaired) electrons. The van der Waals surface area contributed by atoms with E-state index in [-0.39, 0.29) is 23.6 Å². The van der Waals surface area contributed by atoms with Crippen molar-refractivity contribution in [1.29, 1.82) is 0 Å². The summed E-state index contributed by atoms with van der Waals surface area (Å²) in [6, 6.07) is 2.94. The van der Waals surface area contributed by atoms with Crippen LogP contribution in [0.3, 0.4) is 0 Å². The second-order valence-corrected chi connectivity index (χ2v) is 4.80. The third kappa shape index (κ3) is 3.84. The quantitative estimate of drug-likeness (QED) is 0.872. The summed E-state index contributed by atoms with van der Waals surface area (Å²) in [5, 5.41) is 12.4. The van der Waals surface area contributed by atoms with Gasteiger partial charge in [-0.15, -0.1) is 0 Å². The van der Waals surface area contributed by atoms with E-state index in [1.807, 2.05) is 0 Å². The Labute approximate surface area is 122 Å². The van der Waals surface area contributed by atoms with Crippen molar-refractivity contribution in [3.8, 4) is 5.75 Å². The predicted molar refractivity (Wildman–Crippen MR) is 75.0 cm³/mol. The van der Waals surface area contributed by atoms with E-state index < -0.39 is 5.91 Å². The normalized spacial score (nSPS) is 15.6. The molecule has 2 rings (SSSR count). The van der Waals surface area contributed by atoms with Crippen molar-refractivity contribution in [2.24, 2.45) is 0 Å². The first kappa shape index (κ1) is 15.1. The van der Waals surface area contributed by atoms with Gasteiger partial charge in [0.15, 0.2) is 5.69 Å². The summed E-state index contributed by atoms with van der Waals surface area (Å²) in [4.78, 5) is 29.1. The zero-order chi connectivity index (χ0) is 15.2. The second kappa shape index (κ2) is 6.92. The maximum atomic E-state index is 12.0. The van der Waals surface area contributed by atoms with Gasteiger partial charge in [-0.05, 0) is 31.9 Å². The minimum Gasteiger partial charge on any atom is -0.505 e. The van der Waals surface area contributed by atoms with Gasteiger partial charge in [-0.1, -0.05) is 0 Å². The van der Waals surface area contributed by atoms with E-state index in [2.05, 4.69) is 10.3 Å². The lowest BCUT2D eigenvalue weighted by Gasteiger charge is -2.31. The zero-order valence-corrected chi connectivity index (χ0v) is 11.9. The molecule has 1 saturated heterocycles. The number of piperidine rings is 1. The Morgan fingerprint density at radius 2 is 2.19 bits per heavy atom. The molecule has 21 heavy (non-hydrogen) atoms. The van der Waals surface area contributed by atoms with Crippen LogP contribution in [0.5, 0.6) is 5.75 Å². The highest BCUT2D eigenvalue weighted by molar-refractivity contribution is 5.94. The number of carbonyl (C=O) groups is 2. The molecule has 0 aliphatic carbocycles. The van der Waals surface area contributed by atoms with Crippen molar-refractivity contribution in [3.05, 3.63) is 24.0 Å². The molecule has 0 aromatic carbocycles. The number of nitrogens with zero attached hydrogens (tertiary/aromatic N) is 2. The van der Waals surface area contributed by atoms with E-state index in [0.717, 1.165) is 0 Å². The van der Waals surface area contributed by atoms with Crippen molar-refractivity contribution in [2.45, 2.75) is 25.8 Å². The largest absolute Gasteiger partial charge is 0.505 e. The summed E-state index contributed by atoms with van der Waals surface area (Å²) in [6.07, 6.45) is 2.44. The molecule has 2 N–H and O–H groups in total. The van der Waals surface area contributed by atoms with Crippen molar-refractivity contribution in [2.75, 3.05) is 19.7 Å². The van der Waals surface area contributed by atoms with Crippen molar-refractivity contribution < 1.29 is 19.4 Å². The van der Waals surface area contributed by atoms with E-state index in [1.165, 1.54) is 12.3 Å². The minimum atomic E-state index is -0.400. The number of amides is 2. The average molecular weight is 293 g/mol. The number of hydrogen-bond acceptors (Lipinski definition) is 5. The lowest BCUT2D eigenvalue weighted by atomic mass is 10.1. The van der Waals surface area contributed by atoms with Gasteiger partial charge in [0.25, 0.3) is 5.91 Å². The van der Waals surface area contributed by atoms with E-state index in [4.69, 9.17) is 4.74 Å². The van der Waals surface area contributed by atoms with Crippen LogP contribution in [-0.4, -0.2) is 52.7 Å². The number of ether oxygens (including phenoxy) is 1. The number of nitrogens with one attached hydrogen (secondary N) is 1. The van der Waals surface area contributed by atoms with Crippen molar-refractivity contribution in [3.63, 3.8) is 0 Å². The predicted octanol–water partition coefficient (Wildman–Crippen LogP) is 1.14. The molecule has 0 atom stereocenters. The van der Waals surface area contributed by atoms with E-state index >= 15 is 0 Å². The van der Waals surface area contributed by atoms with Gasteiger partial charge in [0.05, 0.1) is 6.61 Å². The fourth-order valence-electron chi connectivity index (χ4n) is 2.25. The Balaban J connectivity index is 1.85. The van der Waals surface area contributed by atoms with E-state index in [1.54, 1.807) is 17.9 Å². The molecule has 0 unspecified atom stereocenters. The summed E-state index contributed by atoms with van der Waals surface area (Å²) in [6.45, 7) is 3.20. The smallest absolute Gasteiger partial charge is 0.409 e. The molecule has 0 spiro atoms. The number of rotatable bonds is 3. The molecule has 1 aliphatic rings. The van der Waals surface area contributed by atoms with Gasteiger partial charge in [-0.25, -0.2) is 9.78 Å². The van der Waals surface area contributed by atoms with Crippen molar-refractivity contribution in [1.82, 2.24) is 15.2 Å². The third-order valence-electron chi connectivity index (χ3n) is 3.36. The molecule has 2 amide bonds. The zero-order valence-electron chi connectivity index (χ0n) is 11.9. The molecule has 1 aliphatic heterocycles. The third-order valence-corrected chi connectivity index (χ3v) is 3.36. The molecule has 1 aromatic rings. The fraction of sp³-hybridized carbons (Fsp3) is 0.500. The van der Waals surface area contributed by atoms with Crippen LogP contribution in [0.2, 0.25) is 0 Å². The van der Waals surface area contributed by atoms with Gasteiger partial charge in [0.2, 0.25) is 0 Å². The summed E-state index contributed by atoms with van der Waals surface area (Å²) < 4.78 is 4.94. The van der Waals surface area contributed by atoms with E-state index in [0.29, 0.717) is 32.5 Å². The maximum Gasteiger partial charge on any atom is 0.409 e. The summed E-state index contributed by atoms with van der Waals surface area (Å²) >= 11 is 0. The highest BCUT2D eigenvalue weighted by Crippen LogP contribution is 2.15. The van der Waals surface area contributed by atoms with Crippen LogP contribution in [0.4, 0.5) is 4.79 Å². The van der Waals surface area contributed by atoms with Gasteiger partial charge < -0.3 is 20.1 Å². The minimum absolute atomic E-state index is 0.0188. The summed E-state index contributed by atoms with van der Waals surface area (Å²) in [5.41, 5.74) is 0.0188. The molecule has 2 heterocycles. The number of pyridine rings is 1. The number of carbonyl (C=O) groups excluding carboxylic acids is 2. The van der Waals surface area contributed by atoms with Crippen LogP contribution in [-0.2, 0) is 4.74 Å². The summed E-state index contributed by atoms with van der Waals surface area (Å²) in [7, 11) is 0. The lowest BCUT2D eigenvalue weighted by molar-refractivity contribution is 0.0855. The van der Waals surface area contributed by atoms with Crippen LogP contribution in [0, 0.1) is 0 Å². The molecule has 0 saturated carbocycles. The summed E-state index contributed by atoms with van der Waals surface area (Å²) in [5.74, 6) is -0.540. The standard InChI is InChI=1S/C14H19N3O4/c1-2-21-14(20)17-8-5-10(6-9-17)16-13(19)12-11(18)4-3-7-15-12/h3-4,7,10,18H,2,5-6,8-9H2,1H3,(H,16,19). The second-order valence-electron chi connectivity index (χ2n) is 4.80. The van der Waals surface area contributed by atoms with Crippen LogP contribution in [0.1, 0.15) is 30.3 Å². The molecule has 7 nitrogen and oxygen atoms in total. The SMILES string of the molecule is CCOC(=O)N1CCC(NC(=O)c2ncccc2O)CC1. The van der Waals surface area contributed by atoms with Crippen LogP contribution < -0.4 is 5.32 Å². The molecule has 7 heteroatoms. The molecule has 114 valence electrons. The lowest BCUT2D eigenvalue weighted by Crippen LogP contribution is -2.46. The Bertz CT molecular complexity index is 513. The number of hydrogen-bond donors (Lipinski definition) is 2. The number of aromatic hydroxyl groups is 1. The molecule has 1 fully saturated rings. The number of likely N-dealkylation sites (tertiary alicyclic amines) is 1. The average Bonchev–Trinajstić information content (AvgIpc) is 2.48. The van der Waals surface area contributed by atoms with Crippen LogP contribution >= 0.6 is 0 Å². The Hall–Kier alpha value is -2.31. The van der Waals surface area contributed by atoms with Gasteiger partial charge in [-0.3, -0.25) is 4.79 Å². The van der Waals surface area contributed by atoms with Gasteiger partial charge in [-0.2, -0.15) is 0 Å². The van der Waals surface area contributed by atoms with Gasteiger partial charge in [0.1, 0.15) is 5.75 Å². The van der Waals surface area contributed by atoms with Gasteiger partial charge in [0, 0.05) is 25.3 Å². The molecular formula is C14H19N3O4. The molecular weight excluding hydrogens is 274 g/mol. The molecule has 0 bridgehead atoms. The van der Waals surface area contributed by atoms with Crippen LogP contribution in [0.15, 0.2) is 18.3 Å². The maximum absolute atomic E-state index is 12.0. The van der Waals surface area contributed by atoms with Crippen LogP contribution in [0.25, 0.3) is 0 Å². The first-order valence-electron chi connectivity index (χ1n) is 6.98. The first-order valence-corrected chi connectivity index (χ1v) is 6.98. The topological polar surface area (TPSA) is 91.8 Å². The highest BCUT2D eigenvalue weighted by atomic mass is 16.6. The molecule has 1 aromatic heterocycles. The monoisotopic (exact) mass is 293 g/mol. The van der Waals surface area contributed by atoms with Gasteiger partial charge >= 0.3 is 6.09 Å². The Morgan fingerprint density at radius 1 is 1.48 bits per heavy atom. The van der Waals surface area contributed by atoms with E-state index in [9.17, 15) is 14.7 Å².